The van der Waals surface area contributed by atoms with Crippen LogP contribution in [0.25, 0.3) is 27.6 Å². The molecule has 2 heterocycles. The van der Waals surface area contributed by atoms with Gasteiger partial charge in [0.1, 0.15) is 5.69 Å². The third kappa shape index (κ3) is 2.35. The van der Waals surface area contributed by atoms with Crippen molar-refractivity contribution in [3.8, 4) is 5.69 Å². The van der Waals surface area contributed by atoms with Crippen molar-refractivity contribution in [2.45, 2.75) is 0 Å². The summed E-state index contributed by atoms with van der Waals surface area (Å²) in [6.07, 6.45) is 0. The number of aromatic nitrogens is 1. The standard InChI is InChI=1S/C25H12ClNO4/c26-13-9-11-14(12-10-13)27-20-15-5-1-4-8-18(15)25(30)31-24(20)19-21(27)23(29)17-7-3-2-6-16(17)22(19)28/h1-12H. The van der Waals surface area contributed by atoms with Gasteiger partial charge in [0.05, 0.1) is 16.5 Å². The van der Waals surface area contributed by atoms with Crippen molar-refractivity contribution in [2.24, 2.45) is 0 Å². The fourth-order valence-corrected chi connectivity index (χ4v) is 4.45. The van der Waals surface area contributed by atoms with Gasteiger partial charge in [0.2, 0.25) is 5.78 Å². The van der Waals surface area contributed by atoms with E-state index in [0.717, 1.165) is 0 Å². The monoisotopic (exact) mass is 425 g/mol. The molecule has 0 N–H and O–H groups in total. The molecule has 0 fully saturated rings. The summed E-state index contributed by atoms with van der Waals surface area (Å²) in [5.41, 5.74) is 1.60. The molecule has 31 heavy (non-hydrogen) atoms. The van der Waals surface area contributed by atoms with Crippen molar-refractivity contribution in [1.29, 1.82) is 0 Å². The predicted octanol–water partition coefficient (Wildman–Crippen LogP) is 5.17. The van der Waals surface area contributed by atoms with E-state index in [0.29, 0.717) is 38.1 Å². The molecule has 6 rings (SSSR count). The van der Waals surface area contributed by atoms with E-state index in [9.17, 15) is 14.4 Å². The highest BCUT2D eigenvalue weighted by molar-refractivity contribution is 6.33. The maximum Gasteiger partial charge on any atom is 0.344 e. The van der Waals surface area contributed by atoms with Gasteiger partial charge in [-0.2, -0.15) is 0 Å². The second kappa shape index (κ2) is 6.27. The zero-order chi connectivity index (χ0) is 21.3. The summed E-state index contributed by atoms with van der Waals surface area (Å²) in [5.74, 6) is -0.649. The van der Waals surface area contributed by atoms with Crippen LogP contribution in [0.15, 0.2) is 82.0 Å². The van der Waals surface area contributed by atoms with Crippen LogP contribution in [0.2, 0.25) is 5.02 Å². The molecule has 0 aliphatic heterocycles. The van der Waals surface area contributed by atoms with Crippen LogP contribution < -0.4 is 5.63 Å². The summed E-state index contributed by atoms with van der Waals surface area (Å²) in [6.45, 7) is 0. The van der Waals surface area contributed by atoms with Crippen molar-refractivity contribution >= 4 is 45.0 Å². The minimum atomic E-state index is -0.557. The molecule has 0 bridgehead atoms. The Labute approximate surface area is 180 Å². The SMILES string of the molecule is O=C1c2ccccc2C(=O)c2c1c1oc(=O)c3ccccc3c1n2-c1ccc(Cl)cc1. The lowest BCUT2D eigenvalue weighted by Crippen LogP contribution is -2.22. The summed E-state index contributed by atoms with van der Waals surface area (Å²) >= 11 is 6.08. The predicted molar refractivity (Wildman–Crippen MR) is 118 cm³/mol. The molecule has 0 spiro atoms. The van der Waals surface area contributed by atoms with E-state index < -0.39 is 5.63 Å². The third-order valence-electron chi connectivity index (χ3n) is 5.67. The number of benzene rings is 3. The number of rotatable bonds is 1. The van der Waals surface area contributed by atoms with E-state index in [1.165, 1.54) is 0 Å². The molecule has 0 saturated heterocycles. The van der Waals surface area contributed by atoms with E-state index in [1.54, 1.807) is 77.4 Å². The first-order valence-corrected chi connectivity index (χ1v) is 9.98. The van der Waals surface area contributed by atoms with Crippen LogP contribution in [0, 0.1) is 0 Å². The molecule has 148 valence electrons. The van der Waals surface area contributed by atoms with Crippen molar-refractivity contribution in [3.05, 3.63) is 111 Å². The normalized spacial score (nSPS) is 12.9. The van der Waals surface area contributed by atoms with Crippen molar-refractivity contribution in [2.75, 3.05) is 0 Å². The minimum Gasteiger partial charge on any atom is -0.420 e. The number of carbonyl (C=O) groups excluding carboxylic acids is 2. The molecule has 0 saturated carbocycles. The molecule has 0 radical (unpaired) electrons. The van der Waals surface area contributed by atoms with Crippen LogP contribution in [0.4, 0.5) is 0 Å². The summed E-state index contributed by atoms with van der Waals surface area (Å²) < 4.78 is 7.35. The van der Waals surface area contributed by atoms with E-state index >= 15 is 0 Å². The molecule has 0 amide bonds. The van der Waals surface area contributed by atoms with Crippen molar-refractivity contribution in [1.82, 2.24) is 4.57 Å². The first kappa shape index (κ1) is 17.9. The Hall–Kier alpha value is -3.96. The Kier molecular flexibility index (Phi) is 3.61. The van der Waals surface area contributed by atoms with Crippen molar-refractivity contribution in [3.63, 3.8) is 0 Å². The van der Waals surface area contributed by atoms with Crippen LogP contribution >= 0.6 is 11.6 Å². The molecule has 5 nitrogen and oxygen atoms in total. The van der Waals surface area contributed by atoms with Gasteiger partial charge < -0.3 is 8.98 Å². The Balaban J connectivity index is 1.87. The summed E-state index contributed by atoms with van der Waals surface area (Å²) in [4.78, 5) is 39.8. The van der Waals surface area contributed by atoms with E-state index in [4.69, 9.17) is 16.0 Å². The number of carbonyl (C=O) groups is 2. The Morgan fingerprint density at radius 2 is 1.32 bits per heavy atom. The summed E-state index contributed by atoms with van der Waals surface area (Å²) in [7, 11) is 0. The van der Waals surface area contributed by atoms with Gasteiger partial charge in [-0.05, 0) is 30.3 Å². The number of nitrogens with zero attached hydrogens (tertiary/aromatic N) is 1. The van der Waals surface area contributed by atoms with Gasteiger partial charge in [0.15, 0.2) is 11.4 Å². The number of hydrogen-bond acceptors (Lipinski definition) is 4. The van der Waals surface area contributed by atoms with Gasteiger partial charge in [-0.25, -0.2) is 4.79 Å². The molecule has 6 heteroatoms. The molecular formula is C25H12ClNO4. The maximum absolute atomic E-state index is 13.6. The highest BCUT2D eigenvalue weighted by Gasteiger charge is 2.38. The molecule has 1 aliphatic rings. The fraction of sp³-hybridized carbons (Fsp3) is 0. The van der Waals surface area contributed by atoms with Crippen LogP contribution in [0.3, 0.4) is 0 Å². The Bertz CT molecular complexity index is 1640. The Morgan fingerprint density at radius 1 is 0.710 bits per heavy atom. The zero-order valence-corrected chi connectivity index (χ0v) is 16.6. The highest BCUT2D eigenvalue weighted by atomic mass is 35.5. The third-order valence-corrected chi connectivity index (χ3v) is 5.92. The second-order valence-electron chi connectivity index (χ2n) is 7.35. The summed E-state index contributed by atoms with van der Waals surface area (Å²) in [5, 5.41) is 1.51. The van der Waals surface area contributed by atoms with Crippen LogP contribution in [-0.2, 0) is 0 Å². The van der Waals surface area contributed by atoms with Gasteiger partial charge in [0, 0.05) is 27.2 Å². The molecule has 5 aromatic rings. The lowest BCUT2D eigenvalue weighted by molar-refractivity contribution is 0.0975. The second-order valence-corrected chi connectivity index (χ2v) is 7.79. The topological polar surface area (TPSA) is 69.3 Å². The molecule has 2 aromatic heterocycles. The highest BCUT2D eigenvalue weighted by Crippen LogP contribution is 2.39. The molecule has 0 unspecified atom stereocenters. The average Bonchev–Trinajstić information content (AvgIpc) is 3.14. The van der Waals surface area contributed by atoms with Crippen molar-refractivity contribution < 1.29 is 14.0 Å². The first-order chi connectivity index (χ1) is 15.1. The van der Waals surface area contributed by atoms with Crippen LogP contribution in [-0.4, -0.2) is 16.1 Å². The van der Waals surface area contributed by atoms with E-state index in [2.05, 4.69) is 0 Å². The lowest BCUT2D eigenvalue weighted by Gasteiger charge is -2.17. The quantitative estimate of drug-likeness (QED) is 0.364. The molecule has 1 aliphatic carbocycles. The maximum atomic E-state index is 13.6. The number of ketones is 2. The van der Waals surface area contributed by atoms with Gasteiger partial charge in [-0.15, -0.1) is 0 Å². The van der Waals surface area contributed by atoms with Gasteiger partial charge in [-0.3, -0.25) is 9.59 Å². The molecular weight excluding hydrogens is 414 g/mol. The number of fused-ring (bicyclic) bond motifs is 6. The average molecular weight is 426 g/mol. The number of halogens is 1. The first-order valence-electron chi connectivity index (χ1n) is 9.61. The van der Waals surface area contributed by atoms with E-state index in [-0.39, 0.29) is 28.4 Å². The molecule has 0 atom stereocenters. The Morgan fingerprint density at radius 3 is 2.03 bits per heavy atom. The van der Waals surface area contributed by atoms with Crippen LogP contribution in [0.1, 0.15) is 32.0 Å². The number of hydrogen-bond donors (Lipinski definition) is 0. The largest absolute Gasteiger partial charge is 0.420 e. The van der Waals surface area contributed by atoms with E-state index in [1.807, 2.05) is 0 Å². The minimum absolute atomic E-state index is 0.108. The fourth-order valence-electron chi connectivity index (χ4n) is 4.32. The van der Waals surface area contributed by atoms with Gasteiger partial charge in [-0.1, -0.05) is 54.1 Å². The van der Waals surface area contributed by atoms with Gasteiger partial charge >= 0.3 is 5.63 Å². The lowest BCUT2D eigenvalue weighted by atomic mass is 9.88. The smallest absolute Gasteiger partial charge is 0.344 e. The summed E-state index contributed by atoms with van der Waals surface area (Å²) in [6, 6.07) is 20.6. The van der Waals surface area contributed by atoms with Gasteiger partial charge in [0.25, 0.3) is 0 Å². The zero-order valence-electron chi connectivity index (χ0n) is 15.9. The molecule has 3 aromatic carbocycles. The van der Waals surface area contributed by atoms with Crippen LogP contribution in [0.5, 0.6) is 0 Å².